The molecule has 33 heavy (non-hydrogen) atoms. The number of allylic oxidation sites excluding steroid dienone is 1. The van der Waals surface area contributed by atoms with E-state index in [0.29, 0.717) is 24.7 Å². The van der Waals surface area contributed by atoms with E-state index in [4.69, 9.17) is 0 Å². The average molecular weight is 436 g/mol. The molecule has 0 fully saturated rings. The number of rotatable bonds is 6. The third kappa shape index (κ3) is 4.70. The minimum Gasteiger partial charge on any atom is -0.324 e. The molecule has 0 spiro atoms. The molecule has 1 aliphatic rings. The van der Waals surface area contributed by atoms with Crippen LogP contribution in [0.15, 0.2) is 91.0 Å². The first-order valence-corrected chi connectivity index (χ1v) is 11.1. The van der Waals surface area contributed by atoms with Crippen molar-refractivity contribution in [2.45, 2.75) is 25.8 Å². The van der Waals surface area contributed by atoms with E-state index >= 15 is 0 Å². The molecule has 2 heterocycles. The average Bonchev–Trinajstić information content (AvgIpc) is 3.26. The fourth-order valence-corrected chi connectivity index (χ4v) is 3.92. The summed E-state index contributed by atoms with van der Waals surface area (Å²) in [7, 11) is 0. The molecule has 0 aliphatic carbocycles. The number of benzene rings is 3. The highest BCUT2D eigenvalue weighted by Gasteiger charge is 2.25. The Morgan fingerprint density at radius 1 is 0.970 bits per heavy atom. The predicted octanol–water partition coefficient (Wildman–Crippen LogP) is 5.21. The van der Waals surface area contributed by atoms with Gasteiger partial charge in [0.1, 0.15) is 6.04 Å². The van der Waals surface area contributed by atoms with Gasteiger partial charge in [0.2, 0.25) is 11.9 Å². The van der Waals surface area contributed by atoms with E-state index in [-0.39, 0.29) is 11.9 Å². The summed E-state index contributed by atoms with van der Waals surface area (Å²) < 4.78 is 1.82. The normalized spacial score (nSPS) is 14.7. The quantitative estimate of drug-likeness (QED) is 0.436. The van der Waals surface area contributed by atoms with Crippen LogP contribution in [0.1, 0.15) is 34.7 Å². The van der Waals surface area contributed by atoms with Gasteiger partial charge in [-0.2, -0.15) is 4.98 Å². The molecule has 1 aliphatic heterocycles. The maximum atomic E-state index is 12.5. The predicted molar refractivity (Wildman–Crippen MR) is 131 cm³/mol. The number of hydrogen-bond acceptors (Lipinski definition) is 4. The Morgan fingerprint density at radius 2 is 1.67 bits per heavy atom. The maximum Gasteiger partial charge on any atom is 0.250 e. The number of nitrogens with zero attached hydrogens (tertiary/aromatic N) is 3. The molecule has 6 nitrogen and oxygen atoms in total. The second-order valence-corrected chi connectivity index (χ2v) is 8.16. The molecular weight excluding hydrogens is 410 g/mol. The molecule has 6 heteroatoms. The molecule has 0 saturated heterocycles. The van der Waals surface area contributed by atoms with Crippen molar-refractivity contribution >= 4 is 23.5 Å². The number of amides is 1. The summed E-state index contributed by atoms with van der Waals surface area (Å²) in [4.78, 5) is 17.1. The van der Waals surface area contributed by atoms with E-state index in [1.165, 1.54) is 5.56 Å². The molecule has 1 atom stereocenters. The van der Waals surface area contributed by atoms with Crippen LogP contribution in [-0.2, 0) is 11.2 Å². The summed E-state index contributed by atoms with van der Waals surface area (Å²) in [6.45, 7) is 2.07. The van der Waals surface area contributed by atoms with Gasteiger partial charge in [-0.1, -0.05) is 90.5 Å². The van der Waals surface area contributed by atoms with Gasteiger partial charge in [0.05, 0.1) is 0 Å². The van der Waals surface area contributed by atoms with Crippen LogP contribution in [-0.4, -0.2) is 20.7 Å². The van der Waals surface area contributed by atoms with E-state index in [0.717, 1.165) is 22.4 Å². The van der Waals surface area contributed by atoms with Gasteiger partial charge in [0, 0.05) is 12.1 Å². The summed E-state index contributed by atoms with van der Waals surface area (Å²) in [5.41, 5.74) is 5.47. The number of anilines is 2. The number of carbonyl (C=O) groups is 1. The smallest absolute Gasteiger partial charge is 0.250 e. The lowest BCUT2D eigenvalue weighted by Crippen LogP contribution is -2.20. The van der Waals surface area contributed by atoms with Gasteiger partial charge in [-0.25, -0.2) is 4.68 Å². The van der Waals surface area contributed by atoms with Gasteiger partial charge >= 0.3 is 0 Å². The van der Waals surface area contributed by atoms with Crippen LogP contribution >= 0.6 is 0 Å². The highest BCUT2D eigenvalue weighted by molar-refractivity contribution is 5.89. The summed E-state index contributed by atoms with van der Waals surface area (Å²) in [5.74, 6) is 0.792. The Bertz CT molecular complexity index is 1280. The summed E-state index contributed by atoms with van der Waals surface area (Å²) >= 11 is 0. The monoisotopic (exact) mass is 435 g/mol. The molecule has 3 aromatic carbocycles. The minimum absolute atomic E-state index is 0.107. The molecule has 0 radical (unpaired) electrons. The van der Waals surface area contributed by atoms with E-state index in [2.05, 4.69) is 70.1 Å². The zero-order valence-corrected chi connectivity index (χ0v) is 18.4. The van der Waals surface area contributed by atoms with E-state index in [1.54, 1.807) is 0 Å². The second kappa shape index (κ2) is 9.12. The molecule has 5 rings (SSSR count). The second-order valence-electron chi connectivity index (χ2n) is 8.16. The van der Waals surface area contributed by atoms with E-state index in [9.17, 15) is 4.79 Å². The van der Waals surface area contributed by atoms with Crippen LogP contribution in [0.4, 0.5) is 11.9 Å². The Balaban J connectivity index is 1.39. The Morgan fingerprint density at radius 3 is 2.39 bits per heavy atom. The van der Waals surface area contributed by atoms with E-state index in [1.807, 2.05) is 53.2 Å². The van der Waals surface area contributed by atoms with Crippen LogP contribution in [0.2, 0.25) is 0 Å². The molecule has 0 bridgehead atoms. The fraction of sp³-hybridized carbons (Fsp3) is 0.148. The van der Waals surface area contributed by atoms with Crippen molar-refractivity contribution < 1.29 is 4.79 Å². The van der Waals surface area contributed by atoms with Gasteiger partial charge in [-0.3, -0.25) is 10.1 Å². The van der Waals surface area contributed by atoms with Crippen molar-refractivity contribution in [3.8, 4) is 0 Å². The zero-order chi connectivity index (χ0) is 22.6. The highest BCUT2D eigenvalue weighted by Crippen LogP contribution is 2.33. The molecule has 0 saturated carbocycles. The van der Waals surface area contributed by atoms with Crippen molar-refractivity contribution in [1.29, 1.82) is 0 Å². The van der Waals surface area contributed by atoms with Crippen molar-refractivity contribution in [1.82, 2.24) is 14.8 Å². The Hall–Kier alpha value is -4.19. The summed E-state index contributed by atoms with van der Waals surface area (Å²) in [6.07, 6.45) is 3.18. The lowest BCUT2D eigenvalue weighted by molar-refractivity contribution is -0.116. The van der Waals surface area contributed by atoms with Gasteiger partial charge in [0.25, 0.3) is 5.95 Å². The first kappa shape index (κ1) is 20.7. The van der Waals surface area contributed by atoms with Crippen LogP contribution in [0, 0.1) is 6.92 Å². The number of carbonyl (C=O) groups excluding carboxylic acids is 1. The number of aromatic nitrogens is 3. The van der Waals surface area contributed by atoms with Crippen LogP contribution < -0.4 is 10.6 Å². The topological polar surface area (TPSA) is 71.8 Å². The maximum absolute atomic E-state index is 12.5. The first-order chi connectivity index (χ1) is 16.2. The molecule has 1 amide bonds. The van der Waals surface area contributed by atoms with Crippen molar-refractivity contribution in [3.63, 3.8) is 0 Å². The van der Waals surface area contributed by atoms with Gasteiger partial charge in [0.15, 0.2) is 0 Å². The molecule has 0 unspecified atom stereocenters. The lowest BCUT2D eigenvalue weighted by Gasteiger charge is -2.24. The van der Waals surface area contributed by atoms with Crippen LogP contribution in [0.25, 0.3) is 5.70 Å². The molecule has 164 valence electrons. The Labute approximate surface area is 193 Å². The highest BCUT2D eigenvalue weighted by atomic mass is 16.1. The molecular formula is C27H25N5O. The number of aryl methyl sites for hydroxylation is 2. The number of fused-ring (bicyclic) bond motifs is 1. The fourth-order valence-electron chi connectivity index (χ4n) is 3.92. The summed E-state index contributed by atoms with van der Waals surface area (Å²) in [6, 6.07) is 28.4. The van der Waals surface area contributed by atoms with Crippen molar-refractivity contribution in [2.75, 3.05) is 10.6 Å². The van der Waals surface area contributed by atoms with Crippen molar-refractivity contribution in [3.05, 3.63) is 113 Å². The third-order valence-electron chi connectivity index (χ3n) is 5.70. The SMILES string of the molecule is Cc1ccc(C2=C[C@H](c3ccccc3)n3nc(NC(=O)CCc4ccccc4)nc3N2)cc1. The summed E-state index contributed by atoms with van der Waals surface area (Å²) in [5, 5.41) is 10.9. The third-order valence-corrected chi connectivity index (χ3v) is 5.70. The van der Waals surface area contributed by atoms with Crippen LogP contribution in [0.5, 0.6) is 0 Å². The largest absolute Gasteiger partial charge is 0.324 e. The standard InChI is InChI=1S/C27H25N5O/c1-19-12-15-21(16-13-19)23-18-24(22-10-6-3-7-11-22)32-27(28-23)30-26(31-32)29-25(33)17-14-20-8-4-2-5-9-20/h2-13,15-16,18,24H,14,17H2,1H3,(H2,28,29,30,31,33)/t24-/m1/s1. The Kier molecular flexibility index (Phi) is 5.72. The lowest BCUT2D eigenvalue weighted by atomic mass is 10.0. The molecule has 2 N–H and O–H groups in total. The number of hydrogen-bond donors (Lipinski definition) is 2. The van der Waals surface area contributed by atoms with Crippen molar-refractivity contribution in [2.24, 2.45) is 0 Å². The van der Waals surface area contributed by atoms with E-state index < -0.39 is 0 Å². The first-order valence-electron chi connectivity index (χ1n) is 11.1. The zero-order valence-electron chi connectivity index (χ0n) is 18.4. The van der Waals surface area contributed by atoms with Gasteiger partial charge in [-0.05, 0) is 36.1 Å². The molecule has 1 aromatic heterocycles. The molecule has 4 aromatic rings. The van der Waals surface area contributed by atoms with Gasteiger partial charge in [-0.15, -0.1) is 5.10 Å². The minimum atomic E-state index is -0.138. The van der Waals surface area contributed by atoms with Crippen LogP contribution in [0.3, 0.4) is 0 Å². The van der Waals surface area contributed by atoms with Gasteiger partial charge < -0.3 is 5.32 Å². The number of nitrogens with one attached hydrogen (secondary N) is 2.